The zero-order valence-electron chi connectivity index (χ0n) is 13.7. The van der Waals surface area contributed by atoms with Gasteiger partial charge in [-0.3, -0.25) is 14.3 Å². The topological polar surface area (TPSA) is 38.1 Å². The predicted molar refractivity (Wildman–Crippen MR) is 93.4 cm³/mol. The number of para-hydroxylation sites is 1. The highest BCUT2D eigenvalue weighted by Gasteiger charge is 2.10. The number of fused-ring (bicyclic) bond motifs is 1. The van der Waals surface area contributed by atoms with Crippen LogP contribution in [0.1, 0.15) is 32.0 Å². The standard InChI is InChI=1S/C19H23N3O/c1-2-9-18-20-17-11-4-3-10-16(17)19(23)22(18)15-8-7-14-21-12-5-6-13-21/h3-4,10-11H,2,5-6,9,12-15H2,1H3. The summed E-state index contributed by atoms with van der Waals surface area (Å²) in [5.74, 6) is 7.21. The Hall–Kier alpha value is -2.12. The highest BCUT2D eigenvalue weighted by molar-refractivity contribution is 5.77. The second kappa shape index (κ2) is 7.43. The molecule has 1 fully saturated rings. The van der Waals surface area contributed by atoms with Gasteiger partial charge in [0.2, 0.25) is 0 Å². The molecule has 1 aromatic heterocycles. The van der Waals surface area contributed by atoms with Crippen molar-refractivity contribution in [3.05, 3.63) is 40.4 Å². The lowest BCUT2D eigenvalue weighted by molar-refractivity contribution is 0.383. The molecule has 3 rings (SSSR count). The summed E-state index contributed by atoms with van der Waals surface area (Å²) in [6, 6.07) is 7.55. The van der Waals surface area contributed by atoms with E-state index in [9.17, 15) is 4.79 Å². The minimum Gasteiger partial charge on any atom is -0.292 e. The summed E-state index contributed by atoms with van der Waals surface area (Å²) in [5, 5.41) is 0.675. The summed E-state index contributed by atoms with van der Waals surface area (Å²) in [6.07, 6.45) is 4.31. The van der Waals surface area contributed by atoms with Crippen molar-refractivity contribution < 1.29 is 0 Å². The van der Waals surface area contributed by atoms with Crippen LogP contribution in [0, 0.1) is 11.8 Å². The summed E-state index contributed by atoms with van der Waals surface area (Å²) in [5.41, 5.74) is 0.803. The quantitative estimate of drug-likeness (QED) is 0.814. The van der Waals surface area contributed by atoms with Gasteiger partial charge in [-0.15, -0.1) is 0 Å². The van der Waals surface area contributed by atoms with Gasteiger partial charge in [0.05, 0.1) is 24.0 Å². The first-order chi connectivity index (χ1) is 11.3. The van der Waals surface area contributed by atoms with Crippen LogP contribution in [0.5, 0.6) is 0 Å². The van der Waals surface area contributed by atoms with Crippen LogP contribution in [-0.4, -0.2) is 34.1 Å². The van der Waals surface area contributed by atoms with E-state index in [1.165, 1.54) is 12.8 Å². The Morgan fingerprint density at radius 1 is 1.13 bits per heavy atom. The van der Waals surface area contributed by atoms with Gasteiger partial charge in [0.1, 0.15) is 5.82 Å². The molecule has 0 spiro atoms. The van der Waals surface area contributed by atoms with Gasteiger partial charge in [0.15, 0.2) is 0 Å². The molecule has 4 nitrogen and oxygen atoms in total. The highest BCUT2D eigenvalue weighted by Crippen LogP contribution is 2.09. The number of rotatable bonds is 4. The van der Waals surface area contributed by atoms with Crippen molar-refractivity contribution in [3.8, 4) is 11.8 Å². The lowest BCUT2D eigenvalue weighted by Crippen LogP contribution is -2.25. The summed E-state index contributed by atoms with van der Waals surface area (Å²) >= 11 is 0. The van der Waals surface area contributed by atoms with E-state index in [0.29, 0.717) is 11.9 Å². The molecule has 2 aromatic rings. The Morgan fingerprint density at radius 2 is 1.87 bits per heavy atom. The van der Waals surface area contributed by atoms with Crippen LogP contribution in [0.2, 0.25) is 0 Å². The maximum Gasteiger partial charge on any atom is 0.262 e. The van der Waals surface area contributed by atoms with E-state index in [1.54, 1.807) is 4.57 Å². The van der Waals surface area contributed by atoms with Crippen LogP contribution in [0.3, 0.4) is 0 Å². The molecule has 0 radical (unpaired) electrons. The molecule has 1 saturated heterocycles. The number of aryl methyl sites for hydroxylation is 1. The fourth-order valence-electron chi connectivity index (χ4n) is 3.03. The Balaban J connectivity index is 1.85. The molecule has 23 heavy (non-hydrogen) atoms. The van der Waals surface area contributed by atoms with E-state index < -0.39 is 0 Å². The zero-order valence-corrected chi connectivity index (χ0v) is 13.7. The van der Waals surface area contributed by atoms with E-state index in [4.69, 9.17) is 0 Å². The average molecular weight is 309 g/mol. The van der Waals surface area contributed by atoms with E-state index in [-0.39, 0.29) is 5.56 Å². The maximum atomic E-state index is 12.7. The number of nitrogens with zero attached hydrogens (tertiary/aromatic N) is 3. The maximum absolute atomic E-state index is 12.7. The number of benzene rings is 1. The Bertz CT molecular complexity index is 792. The molecule has 0 atom stereocenters. The lowest BCUT2D eigenvalue weighted by atomic mass is 10.2. The molecule has 120 valence electrons. The first kappa shape index (κ1) is 15.8. The van der Waals surface area contributed by atoms with Crippen molar-refractivity contribution in [3.63, 3.8) is 0 Å². The van der Waals surface area contributed by atoms with Crippen LogP contribution in [0.4, 0.5) is 0 Å². The molecule has 0 N–H and O–H groups in total. The van der Waals surface area contributed by atoms with E-state index in [1.807, 2.05) is 24.3 Å². The number of hydrogen-bond donors (Lipinski definition) is 0. The summed E-state index contributed by atoms with van der Waals surface area (Å²) < 4.78 is 1.74. The van der Waals surface area contributed by atoms with Crippen molar-refractivity contribution in [1.82, 2.24) is 14.5 Å². The average Bonchev–Trinajstić information content (AvgIpc) is 3.07. The molecular weight excluding hydrogens is 286 g/mol. The number of aromatic nitrogens is 2. The molecule has 0 amide bonds. The van der Waals surface area contributed by atoms with Gasteiger partial charge in [-0.2, -0.15) is 0 Å². The van der Waals surface area contributed by atoms with Gasteiger partial charge in [-0.1, -0.05) is 30.9 Å². The SMILES string of the molecule is CCCc1nc2ccccc2c(=O)n1CC#CCN1CCCC1. The van der Waals surface area contributed by atoms with E-state index in [0.717, 1.165) is 43.8 Å². The molecule has 2 heterocycles. The molecule has 1 aliphatic heterocycles. The van der Waals surface area contributed by atoms with Crippen LogP contribution in [0.25, 0.3) is 10.9 Å². The molecule has 1 aromatic carbocycles. The summed E-state index contributed by atoms with van der Waals surface area (Å²) in [6.45, 7) is 5.63. The van der Waals surface area contributed by atoms with Crippen LogP contribution < -0.4 is 5.56 Å². The minimum atomic E-state index is 0.0227. The molecule has 0 aliphatic carbocycles. The van der Waals surface area contributed by atoms with Gasteiger partial charge < -0.3 is 0 Å². The summed E-state index contributed by atoms with van der Waals surface area (Å²) in [4.78, 5) is 19.7. The van der Waals surface area contributed by atoms with Crippen molar-refractivity contribution in [2.75, 3.05) is 19.6 Å². The Morgan fingerprint density at radius 3 is 2.65 bits per heavy atom. The minimum absolute atomic E-state index is 0.0227. The third-order valence-electron chi connectivity index (χ3n) is 4.28. The Labute approximate surface area is 137 Å². The van der Waals surface area contributed by atoms with Crippen LogP contribution in [0.15, 0.2) is 29.1 Å². The van der Waals surface area contributed by atoms with Crippen molar-refractivity contribution in [1.29, 1.82) is 0 Å². The van der Waals surface area contributed by atoms with Gasteiger partial charge in [-0.25, -0.2) is 4.98 Å². The van der Waals surface area contributed by atoms with Crippen molar-refractivity contribution in [2.24, 2.45) is 0 Å². The van der Waals surface area contributed by atoms with Gasteiger partial charge in [0.25, 0.3) is 5.56 Å². The second-order valence-corrected chi connectivity index (χ2v) is 6.02. The normalized spacial score (nSPS) is 14.8. The fourth-order valence-corrected chi connectivity index (χ4v) is 3.03. The van der Waals surface area contributed by atoms with Crippen molar-refractivity contribution in [2.45, 2.75) is 39.2 Å². The van der Waals surface area contributed by atoms with E-state index >= 15 is 0 Å². The summed E-state index contributed by atoms with van der Waals surface area (Å²) in [7, 11) is 0. The molecule has 0 unspecified atom stereocenters. The first-order valence-electron chi connectivity index (χ1n) is 8.46. The molecule has 1 aliphatic rings. The van der Waals surface area contributed by atoms with Crippen molar-refractivity contribution >= 4 is 10.9 Å². The smallest absolute Gasteiger partial charge is 0.262 e. The highest BCUT2D eigenvalue weighted by atomic mass is 16.1. The number of hydrogen-bond acceptors (Lipinski definition) is 3. The zero-order chi connectivity index (χ0) is 16.1. The van der Waals surface area contributed by atoms with Gasteiger partial charge in [0, 0.05) is 6.42 Å². The second-order valence-electron chi connectivity index (χ2n) is 6.02. The monoisotopic (exact) mass is 309 g/mol. The first-order valence-corrected chi connectivity index (χ1v) is 8.46. The molecule has 0 bridgehead atoms. The molecular formula is C19H23N3O. The third-order valence-corrected chi connectivity index (χ3v) is 4.28. The van der Waals surface area contributed by atoms with Gasteiger partial charge in [-0.05, 0) is 44.5 Å². The third kappa shape index (κ3) is 3.62. The predicted octanol–water partition coefficient (Wildman–Crippen LogP) is 2.45. The lowest BCUT2D eigenvalue weighted by Gasteiger charge is -2.11. The van der Waals surface area contributed by atoms with Crippen LogP contribution >= 0.6 is 0 Å². The fraction of sp³-hybridized carbons (Fsp3) is 0.474. The number of likely N-dealkylation sites (tertiary alicyclic amines) is 1. The molecule has 4 heteroatoms. The molecule has 0 saturated carbocycles. The Kier molecular flexibility index (Phi) is 5.09. The van der Waals surface area contributed by atoms with E-state index in [2.05, 4.69) is 28.6 Å². The largest absolute Gasteiger partial charge is 0.292 e. The van der Waals surface area contributed by atoms with Crippen LogP contribution in [-0.2, 0) is 13.0 Å². The van der Waals surface area contributed by atoms with Gasteiger partial charge >= 0.3 is 0 Å².